The van der Waals surface area contributed by atoms with Gasteiger partial charge < -0.3 is 48.6 Å². The molecule has 1 saturated heterocycles. The summed E-state index contributed by atoms with van der Waals surface area (Å²) in [4.78, 5) is 88.9. The second kappa shape index (κ2) is 28.3. The maximum Gasteiger partial charge on any atom is 0.333 e. The van der Waals surface area contributed by atoms with Crippen molar-refractivity contribution in [3.63, 3.8) is 0 Å². The van der Waals surface area contributed by atoms with Crippen molar-refractivity contribution < 1.29 is 77.3 Å². The van der Waals surface area contributed by atoms with Gasteiger partial charge in [0.25, 0.3) is 0 Å². The molecule has 0 aromatic rings. The van der Waals surface area contributed by atoms with E-state index in [9.17, 15) is 48.9 Å². The number of esters is 6. The average Bonchev–Trinajstić information content (AvgIpc) is 3.52. The molecule has 1 aliphatic rings. The monoisotopic (exact) mass is 823 g/mol. The van der Waals surface area contributed by atoms with Crippen LogP contribution in [0.25, 0.3) is 0 Å². The minimum atomic E-state index is -1.53. The van der Waals surface area contributed by atoms with Crippen molar-refractivity contribution in [2.24, 2.45) is 16.2 Å². The summed E-state index contributed by atoms with van der Waals surface area (Å²) in [5, 5.41) is 29.3. The van der Waals surface area contributed by atoms with Gasteiger partial charge in [0.15, 0.2) is 0 Å². The second-order valence-corrected chi connectivity index (χ2v) is 14.3. The van der Waals surface area contributed by atoms with Crippen LogP contribution >= 0.6 is 0 Å². The van der Waals surface area contributed by atoms with Gasteiger partial charge in [-0.15, -0.1) is 0 Å². The van der Waals surface area contributed by atoms with Crippen LogP contribution in [0.15, 0.2) is 12.2 Å². The van der Waals surface area contributed by atoms with E-state index in [1.54, 1.807) is 18.7 Å². The number of carbonyl (C=O) groups excluding carboxylic acids is 7. The van der Waals surface area contributed by atoms with E-state index in [-0.39, 0.29) is 99.7 Å². The van der Waals surface area contributed by atoms with Gasteiger partial charge in [-0.25, -0.2) is 4.79 Å². The topological polar surface area (TPSA) is 239 Å². The first kappa shape index (κ1) is 59.6. The lowest BCUT2D eigenvalue weighted by molar-refractivity contribution is -0.172. The van der Waals surface area contributed by atoms with E-state index in [1.807, 2.05) is 0 Å². The molecule has 0 saturated carbocycles. The summed E-state index contributed by atoms with van der Waals surface area (Å²) in [6, 6.07) is 0. The number of carbonyl (C=O) groups is 7. The minimum absolute atomic E-state index is 0. The quantitative estimate of drug-likeness (QED) is 0.0515. The molecule has 1 aliphatic heterocycles. The van der Waals surface area contributed by atoms with Crippen molar-refractivity contribution in [3.05, 3.63) is 12.2 Å². The van der Waals surface area contributed by atoms with E-state index in [2.05, 4.69) is 6.58 Å². The summed E-state index contributed by atoms with van der Waals surface area (Å²) in [5.41, 5.74) is -3.99. The Morgan fingerprint density at radius 1 is 0.719 bits per heavy atom. The number of hydrogen-bond donors (Lipinski definition) is 3. The molecular weight excluding hydrogens is 750 g/mol. The average molecular weight is 824 g/mol. The van der Waals surface area contributed by atoms with Gasteiger partial charge in [-0.05, 0) is 60.3 Å². The van der Waals surface area contributed by atoms with Crippen molar-refractivity contribution in [3.8, 4) is 0 Å². The number of rotatable bonds is 25. The first-order valence-electron chi connectivity index (χ1n) is 17.6. The number of aliphatic hydroxyl groups is 3. The minimum Gasteiger partial charge on any atom is -0.463 e. The molecular formula is C40H73NO16. The van der Waals surface area contributed by atoms with Crippen LogP contribution in [0.2, 0.25) is 0 Å². The fourth-order valence-electron chi connectivity index (χ4n) is 5.59. The van der Waals surface area contributed by atoms with E-state index in [0.29, 0.717) is 13.0 Å². The fourth-order valence-corrected chi connectivity index (χ4v) is 5.59. The predicted octanol–water partition coefficient (Wildman–Crippen LogP) is 3.71. The molecule has 0 aromatic heterocycles. The Morgan fingerprint density at radius 2 is 1.23 bits per heavy atom. The number of hydrogen-bond acceptors (Lipinski definition) is 16. The van der Waals surface area contributed by atoms with Gasteiger partial charge in [0.1, 0.15) is 51.8 Å². The van der Waals surface area contributed by atoms with Crippen molar-refractivity contribution >= 4 is 41.7 Å². The third kappa shape index (κ3) is 21.3. The Morgan fingerprint density at radius 3 is 1.75 bits per heavy atom. The summed E-state index contributed by atoms with van der Waals surface area (Å²) in [6.07, 6.45) is -2.43. The normalized spacial score (nSPS) is 15.2. The van der Waals surface area contributed by atoms with Crippen LogP contribution in [0.5, 0.6) is 0 Å². The van der Waals surface area contributed by atoms with Crippen molar-refractivity contribution in [2.45, 2.75) is 128 Å². The van der Waals surface area contributed by atoms with Crippen LogP contribution in [0.3, 0.4) is 0 Å². The Balaban J connectivity index is -0.00000351. The SMILES string of the molecule is C.C.C.C.C=C(C)C(=O)OCCOC(=O)CCC(=O)OCC(O)COC(=O)C(C)(C)CC(C)(CC(C)(CC)C(=O)OCCN1CCCC1=O)C(=O)OCC(O)CO. The highest BCUT2D eigenvalue weighted by Gasteiger charge is 2.50. The highest BCUT2D eigenvalue weighted by atomic mass is 16.6. The molecule has 1 fully saturated rings. The molecule has 1 rings (SSSR count). The van der Waals surface area contributed by atoms with Crippen LogP contribution < -0.4 is 0 Å². The number of amides is 1. The Hall–Kier alpha value is -4.09. The zero-order valence-electron chi connectivity index (χ0n) is 31.8. The second-order valence-electron chi connectivity index (χ2n) is 14.3. The number of likely N-dealkylation sites (tertiary alicyclic amines) is 1. The van der Waals surface area contributed by atoms with Gasteiger partial charge in [0, 0.05) is 18.5 Å². The van der Waals surface area contributed by atoms with Crippen molar-refractivity contribution in [1.29, 1.82) is 0 Å². The Kier molecular flexibility index (Phi) is 29.6. The Bertz CT molecular complexity index is 1300. The van der Waals surface area contributed by atoms with Gasteiger partial charge >= 0.3 is 35.8 Å². The molecule has 4 unspecified atom stereocenters. The summed E-state index contributed by atoms with van der Waals surface area (Å²) < 4.78 is 30.7. The van der Waals surface area contributed by atoms with Gasteiger partial charge in [-0.1, -0.05) is 43.2 Å². The van der Waals surface area contributed by atoms with Crippen molar-refractivity contribution in [1.82, 2.24) is 4.90 Å². The van der Waals surface area contributed by atoms with Crippen LogP contribution in [-0.2, 0) is 62.0 Å². The first-order chi connectivity index (χ1) is 24.7. The molecule has 1 heterocycles. The van der Waals surface area contributed by atoms with Gasteiger partial charge in [-0.2, -0.15) is 0 Å². The standard InChI is InChI=1S/C36H57NO16.4CH4/c1-8-35(6,32(46)50-15-14-37-13-9-10-27(37)41)23-36(7,33(47)53-19-25(39)18-38)22-34(4,5)31(45)52-21-26(40)20-51-29(43)12-11-28(42)48-16-17-49-30(44)24(2)3;;;;/h25-26,38-40H,2,8-23H2,1,3-7H3;4*1H4. The summed E-state index contributed by atoms with van der Waals surface area (Å²) in [5.74, 6) is -4.51. The summed E-state index contributed by atoms with van der Waals surface area (Å²) in [6.45, 7) is 10.8. The molecule has 0 spiro atoms. The summed E-state index contributed by atoms with van der Waals surface area (Å²) >= 11 is 0. The number of ether oxygens (including phenoxy) is 6. The largest absolute Gasteiger partial charge is 0.463 e. The van der Waals surface area contributed by atoms with Crippen LogP contribution in [0, 0.1) is 16.2 Å². The number of nitrogens with zero attached hydrogens (tertiary/aromatic N) is 1. The van der Waals surface area contributed by atoms with Crippen LogP contribution in [0.4, 0.5) is 0 Å². The lowest BCUT2D eigenvalue weighted by Gasteiger charge is -2.39. The lowest BCUT2D eigenvalue weighted by atomic mass is 9.65. The summed E-state index contributed by atoms with van der Waals surface area (Å²) in [7, 11) is 0. The molecule has 0 radical (unpaired) electrons. The van der Waals surface area contributed by atoms with Crippen molar-refractivity contribution in [2.75, 3.05) is 59.3 Å². The maximum absolute atomic E-state index is 13.5. The third-order valence-electron chi connectivity index (χ3n) is 8.62. The molecule has 57 heavy (non-hydrogen) atoms. The Labute approximate surface area is 339 Å². The third-order valence-corrected chi connectivity index (χ3v) is 8.62. The molecule has 334 valence electrons. The molecule has 1 amide bonds. The van der Waals surface area contributed by atoms with E-state index in [4.69, 9.17) is 28.4 Å². The molecule has 17 nitrogen and oxygen atoms in total. The fraction of sp³-hybridized carbons (Fsp3) is 0.775. The van der Waals surface area contributed by atoms with Gasteiger partial charge in [0.2, 0.25) is 5.91 Å². The van der Waals surface area contributed by atoms with Crippen LogP contribution in [-0.4, -0.2) is 133 Å². The zero-order chi connectivity index (χ0) is 40.4. The zero-order valence-corrected chi connectivity index (χ0v) is 31.8. The number of aliphatic hydroxyl groups excluding tert-OH is 3. The van der Waals surface area contributed by atoms with Gasteiger partial charge in [-0.3, -0.25) is 28.8 Å². The maximum atomic E-state index is 13.5. The molecule has 4 atom stereocenters. The van der Waals surface area contributed by atoms with E-state index in [1.165, 1.54) is 27.7 Å². The highest BCUT2D eigenvalue weighted by Crippen LogP contribution is 2.46. The predicted molar refractivity (Wildman–Crippen MR) is 211 cm³/mol. The molecule has 17 heteroatoms. The van der Waals surface area contributed by atoms with Gasteiger partial charge in [0.05, 0.1) is 42.2 Å². The molecule has 0 bridgehead atoms. The smallest absolute Gasteiger partial charge is 0.333 e. The molecule has 0 aliphatic carbocycles. The molecule has 3 N–H and O–H groups in total. The molecule has 0 aromatic carbocycles. The van der Waals surface area contributed by atoms with E-state index in [0.717, 1.165) is 6.42 Å². The first-order valence-corrected chi connectivity index (χ1v) is 17.6. The van der Waals surface area contributed by atoms with E-state index >= 15 is 0 Å². The van der Waals surface area contributed by atoms with E-state index < -0.39 is 90.7 Å². The van der Waals surface area contributed by atoms with Crippen LogP contribution in [0.1, 0.15) is 116 Å². The highest BCUT2D eigenvalue weighted by molar-refractivity contribution is 5.87. The lowest BCUT2D eigenvalue weighted by Crippen LogP contribution is -2.45.